The number of methoxy groups -OCH3 is 1. The van der Waals surface area contributed by atoms with Crippen LogP contribution in [-0.4, -0.2) is 24.5 Å². The first-order chi connectivity index (χ1) is 9.80. The van der Waals surface area contributed by atoms with E-state index in [1.807, 2.05) is 6.92 Å². The standard InChI is InChI=1S/C15H23N3O3.ClH/c1-5-8-15(3,16)14(20)18-11-6-7-13(21-4)12(9-11)17-10(2)19;/h6-7,9H,5,8,16H2,1-4H3,(H,17,19)(H,18,20);1H. The van der Waals surface area contributed by atoms with Gasteiger partial charge >= 0.3 is 0 Å². The van der Waals surface area contributed by atoms with Crippen molar-refractivity contribution in [1.82, 2.24) is 0 Å². The van der Waals surface area contributed by atoms with E-state index in [0.29, 0.717) is 23.5 Å². The zero-order valence-corrected chi connectivity index (χ0v) is 14.2. The number of nitrogens with two attached hydrogens (primary N) is 1. The zero-order valence-electron chi connectivity index (χ0n) is 13.4. The maximum Gasteiger partial charge on any atom is 0.244 e. The van der Waals surface area contributed by atoms with Gasteiger partial charge in [-0.05, 0) is 31.5 Å². The topological polar surface area (TPSA) is 93.5 Å². The molecule has 22 heavy (non-hydrogen) atoms. The molecule has 1 atom stereocenters. The number of benzene rings is 1. The van der Waals surface area contributed by atoms with Crippen LogP contribution in [0.1, 0.15) is 33.6 Å². The van der Waals surface area contributed by atoms with E-state index in [1.165, 1.54) is 14.0 Å². The number of hydrogen-bond donors (Lipinski definition) is 3. The summed E-state index contributed by atoms with van der Waals surface area (Å²) in [6.45, 7) is 5.08. The van der Waals surface area contributed by atoms with Gasteiger partial charge in [-0.25, -0.2) is 0 Å². The number of carbonyl (C=O) groups excluding carboxylic acids is 2. The normalized spacial score (nSPS) is 12.6. The van der Waals surface area contributed by atoms with Crippen molar-refractivity contribution in [1.29, 1.82) is 0 Å². The smallest absolute Gasteiger partial charge is 0.244 e. The summed E-state index contributed by atoms with van der Waals surface area (Å²) in [5.74, 6) is 0.0435. The Bertz CT molecular complexity index is 533. The third-order valence-corrected chi connectivity index (χ3v) is 3.06. The molecule has 1 aromatic carbocycles. The molecule has 1 aromatic rings. The number of amides is 2. The third-order valence-electron chi connectivity index (χ3n) is 3.06. The third kappa shape index (κ3) is 5.54. The minimum Gasteiger partial charge on any atom is -0.495 e. The van der Waals surface area contributed by atoms with Crippen LogP contribution in [0.15, 0.2) is 18.2 Å². The number of anilines is 2. The van der Waals surface area contributed by atoms with Gasteiger partial charge in [0.15, 0.2) is 0 Å². The summed E-state index contributed by atoms with van der Waals surface area (Å²) in [7, 11) is 1.51. The minimum atomic E-state index is -0.928. The van der Waals surface area contributed by atoms with Gasteiger partial charge in [0.05, 0.1) is 18.3 Å². The van der Waals surface area contributed by atoms with E-state index in [9.17, 15) is 9.59 Å². The SMILES string of the molecule is CCCC(C)(N)C(=O)Nc1ccc(OC)c(NC(C)=O)c1.Cl. The Morgan fingerprint density at radius 3 is 2.45 bits per heavy atom. The quantitative estimate of drug-likeness (QED) is 0.747. The maximum atomic E-state index is 12.2. The van der Waals surface area contributed by atoms with Crippen molar-refractivity contribution in [2.75, 3.05) is 17.7 Å². The summed E-state index contributed by atoms with van der Waals surface area (Å²) < 4.78 is 5.16. The molecule has 1 rings (SSSR count). The van der Waals surface area contributed by atoms with E-state index in [4.69, 9.17) is 10.5 Å². The summed E-state index contributed by atoms with van der Waals surface area (Å²) in [6.07, 6.45) is 1.41. The molecule has 0 saturated carbocycles. The van der Waals surface area contributed by atoms with Crippen molar-refractivity contribution in [3.63, 3.8) is 0 Å². The molecular weight excluding hydrogens is 306 g/mol. The van der Waals surface area contributed by atoms with E-state index < -0.39 is 5.54 Å². The average molecular weight is 330 g/mol. The van der Waals surface area contributed by atoms with Crippen LogP contribution >= 0.6 is 12.4 Å². The van der Waals surface area contributed by atoms with Crippen LogP contribution < -0.4 is 21.1 Å². The zero-order chi connectivity index (χ0) is 16.0. The summed E-state index contributed by atoms with van der Waals surface area (Å²) >= 11 is 0. The molecule has 0 fully saturated rings. The molecule has 0 aliphatic rings. The molecule has 0 radical (unpaired) electrons. The Hall–Kier alpha value is -1.79. The Balaban J connectivity index is 0.00000441. The average Bonchev–Trinajstić information content (AvgIpc) is 2.38. The van der Waals surface area contributed by atoms with Gasteiger partial charge in [-0.1, -0.05) is 13.3 Å². The largest absolute Gasteiger partial charge is 0.495 e. The van der Waals surface area contributed by atoms with Gasteiger partial charge in [0.25, 0.3) is 0 Å². The van der Waals surface area contributed by atoms with Gasteiger partial charge in [-0.15, -0.1) is 12.4 Å². The highest BCUT2D eigenvalue weighted by Crippen LogP contribution is 2.28. The molecule has 0 heterocycles. The second kappa shape index (κ2) is 8.60. The molecule has 0 saturated heterocycles. The molecule has 2 amide bonds. The molecule has 0 bridgehead atoms. The molecule has 0 aliphatic carbocycles. The van der Waals surface area contributed by atoms with E-state index in [2.05, 4.69) is 10.6 Å². The van der Waals surface area contributed by atoms with Crippen LogP contribution in [0.25, 0.3) is 0 Å². The summed E-state index contributed by atoms with van der Waals surface area (Å²) in [6, 6.07) is 5.01. The van der Waals surface area contributed by atoms with Crippen molar-refractivity contribution >= 4 is 35.6 Å². The summed E-state index contributed by atoms with van der Waals surface area (Å²) in [5.41, 5.74) is 6.11. The van der Waals surface area contributed by atoms with Crippen LogP contribution in [-0.2, 0) is 9.59 Å². The number of ether oxygens (including phenoxy) is 1. The van der Waals surface area contributed by atoms with Crippen LogP contribution in [0.5, 0.6) is 5.75 Å². The minimum absolute atomic E-state index is 0. The van der Waals surface area contributed by atoms with Crippen molar-refractivity contribution < 1.29 is 14.3 Å². The highest BCUT2D eigenvalue weighted by Gasteiger charge is 2.27. The molecule has 7 heteroatoms. The second-order valence-corrected chi connectivity index (χ2v) is 5.22. The van der Waals surface area contributed by atoms with Gasteiger partial charge in [0, 0.05) is 12.6 Å². The molecule has 0 spiro atoms. The van der Waals surface area contributed by atoms with Gasteiger partial charge < -0.3 is 21.1 Å². The number of carbonyl (C=O) groups is 2. The lowest BCUT2D eigenvalue weighted by molar-refractivity contribution is -0.120. The fourth-order valence-corrected chi connectivity index (χ4v) is 1.98. The molecule has 1 unspecified atom stereocenters. The molecule has 0 aliphatic heterocycles. The highest BCUT2D eigenvalue weighted by molar-refractivity contribution is 5.99. The van der Waals surface area contributed by atoms with Crippen LogP contribution in [0, 0.1) is 0 Å². The number of hydrogen-bond acceptors (Lipinski definition) is 4. The van der Waals surface area contributed by atoms with Gasteiger partial charge in [-0.3, -0.25) is 9.59 Å². The van der Waals surface area contributed by atoms with Gasteiger partial charge in [-0.2, -0.15) is 0 Å². The van der Waals surface area contributed by atoms with Gasteiger partial charge in [0.1, 0.15) is 5.75 Å². The van der Waals surface area contributed by atoms with Crippen molar-refractivity contribution in [3.8, 4) is 5.75 Å². The summed E-state index contributed by atoms with van der Waals surface area (Å²) in [5, 5.41) is 5.42. The predicted octanol–water partition coefficient (Wildman–Crippen LogP) is 2.53. The van der Waals surface area contributed by atoms with Crippen LogP contribution in [0.3, 0.4) is 0 Å². The van der Waals surface area contributed by atoms with Crippen LogP contribution in [0.2, 0.25) is 0 Å². The molecule has 4 N–H and O–H groups in total. The Kier molecular flexibility index (Phi) is 7.90. The van der Waals surface area contributed by atoms with E-state index >= 15 is 0 Å². The molecule has 6 nitrogen and oxygen atoms in total. The molecule has 124 valence electrons. The lowest BCUT2D eigenvalue weighted by atomic mass is 9.96. The Labute approximate surface area is 137 Å². The molecular formula is C15H24ClN3O3. The van der Waals surface area contributed by atoms with Crippen molar-refractivity contribution in [2.45, 2.75) is 39.2 Å². The van der Waals surface area contributed by atoms with Crippen molar-refractivity contribution in [3.05, 3.63) is 18.2 Å². The Morgan fingerprint density at radius 1 is 1.32 bits per heavy atom. The van der Waals surface area contributed by atoms with E-state index in [0.717, 1.165) is 6.42 Å². The van der Waals surface area contributed by atoms with Crippen molar-refractivity contribution in [2.24, 2.45) is 5.73 Å². The lowest BCUT2D eigenvalue weighted by Gasteiger charge is -2.23. The second-order valence-electron chi connectivity index (χ2n) is 5.22. The molecule has 0 aromatic heterocycles. The van der Waals surface area contributed by atoms with E-state index in [-0.39, 0.29) is 24.2 Å². The fourth-order valence-electron chi connectivity index (χ4n) is 1.98. The first-order valence-electron chi connectivity index (χ1n) is 6.86. The highest BCUT2D eigenvalue weighted by atomic mass is 35.5. The predicted molar refractivity (Wildman–Crippen MR) is 90.7 cm³/mol. The first-order valence-corrected chi connectivity index (χ1v) is 6.86. The maximum absolute atomic E-state index is 12.2. The number of rotatable bonds is 6. The number of nitrogens with one attached hydrogen (secondary N) is 2. The van der Waals surface area contributed by atoms with Crippen LogP contribution in [0.4, 0.5) is 11.4 Å². The number of halogens is 1. The summed E-state index contributed by atoms with van der Waals surface area (Å²) in [4.78, 5) is 23.3. The van der Waals surface area contributed by atoms with E-state index in [1.54, 1.807) is 25.1 Å². The Morgan fingerprint density at radius 2 is 1.95 bits per heavy atom. The van der Waals surface area contributed by atoms with Gasteiger partial charge in [0.2, 0.25) is 11.8 Å². The first kappa shape index (κ1) is 20.2. The monoisotopic (exact) mass is 329 g/mol. The fraction of sp³-hybridized carbons (Fsp3) is 0.467. The lowest BCUT2D eigenvalue weighted by Crippen LogP contribution is -2.48.